The van der Waals surface area contributed by atoms with Gasteiger partial charge in [-0.15, -0.1) is 0 Å². The van der Waals surface area contributed by atoms with Gasteiger partial charge in [0, 0.05) is 0 Å². The maximum absolute atomic E-state index is 12.5. The van der Waals surface area contributed by atoms with Gasteiger partial charge in [-0.1, -0.05) is 245 Å². The van der Waals surface area contributed by atoms with Crippen molar-refractivity contribution in [3.05, 3.63) is 0 Å². The summed E-state index contributed by atoms with van der Waals surface area (Å²) in [6.45, 7) is 4.07. The minimum atomic E-state index is -1.25. The Morgan fingerprint density at radius 2 is 0.654 bits per heavy atom. The summed E-state index contributed by atoms with van der Waals surface area (Å²) in [5.74, 6) is -0.578. The first-order valence-corrected chi connectivity index (χ1v) is 23.4. The molecule has 0 aliphatic carbocycles. The van der Waals surface area contributed by atoms with Gasteiger partial charge in [-0.3, -0.25) is 4.79 Å². The van der Waals surface area contributed by atoms with Crippen LogP contribution in [0.3, 0.4) is 0 Å². The topological polar surface area (TPSA) is 110 Å². The van der Waals surface area contributed by atoms with E-state index in [0.717, 1.165) is 38.5 Å². The highest BCUT2D eigenvalue weighted by Crippen LogP contribution is 2.17. The molecule has 52 heavy (non-hydrogen) atoms. The van der Waals surface area contributed by atoms with E-state index >= 15 is 0 Å². The van der Waals surface area contributed by atoms with Crippen LogP contribution in [0.25, 0.3) is 0 Å². The molecule has 312 valence electrons. The summed E-state index contributed by atoms with van der Waals surface area (Å²) in [7, 11) is 0. The lowest BCUT2D eigenvalue weighted by Gasteiger charge is -2.27. The van der Waals surface area contributed by atoms with Crippen LogP contribution in [0, 0.1) is 0 Å². The summed E-state index contributed by atoms with van der Waals surface area (Å²) in [5.41, 5.74) is 0. The summed E-state index contributed by atoms with van der Waals surface area (Å²) < 4.78 is 0. The van der Waals surface area contributed by atoms with Crippen LogP contribution in [0.1, 0.15) is 258 Å². The Hall–Kier alpha value is -0.690. The van der Waals surface area contributed by atoms with Gasteiger partial charge in [0.05, 0.1) is 18.8 Å². The lowest BCUT2D eigenvalue weighted by molar-refractivity contribution is -0.132. The average Bonchev–Trinajstić information content (AvgIpc) is 3.15. The number of unbranched alkanes of at least 4 members (excludes halogenated alkanes) is 34. The standard InChI is InChI=1S/C46H93NO5/c1-3-5-7-9-11-13-15-17-19-21-22-23-24-26-28-30-32-34-36-38-40-44(50)46(52)47-42(41-48)45(51)43(49)39-37-35-33-31-29-27-25-20-18-16-14-12-10-8-6-4-2/h42-45,48-51H,3-41H2,1-2H3,(H,47,52)/t42-,43+,44+,45-/m0/s1. The zero-order chi connectivity index (χ0) is 38.2. The van der Waals surface area contributed by atoms with Crippen LogP contribution >= 0.6 is 0 Å². The molecule has 0 unspecified atom stereocenters. The minimum Gasteiger partial charge on any atom is -0.394 e. The number of hydrogen-bond donors (Lipinski definition) is 5. The van der Waals surface area contributed by atoms with Crippen molar-refractivity contribution in [2.75, 3.05) is 6.61 Å². The molecule has 0 rings (SSSR count). The zero-order valence-corrected chi connectivity index (χ0v) is 35.1. The summed E-state index contributed by atoms with van der Waals surface area (Å²) in [6.07, 6.45) is 44.2. The molecule has 0 bridgehead atoms. The normalized spacial score (nSPS) is 14.0. The highest BCUT2D eigenvalue weighted by molar-refractivity contribution is 5.80. The van der Waals surface area contributed by atoms with Crippen LogP contribution in [0.2, 0.25) is 0 Å². The Morgan fingerprint density at radius 3 is 0.923 bits per heavy atom. The van der Waals surface area contributed by atoms with E-state index in [4.69, 9.17) is 0 Å². The fourth-order valence-corrected chi connectivity index (χ4v) is 7.58. The summed E-state index contributed by atoms with van der Waals surface area (Å²) >= 11 is 0. The SMILES string of the molecule is CCCCCCCCCCCCCCCCCCCCCC[C@@H](O)C(=O)N[C@@H](CO)[C@H](O)[C@H](O)CCCCCCCCCCCCCCCCCC. The Bertz CT molecular complexity index is 706. The maximum Gasteiger partial charge on any atom is 0.249 e. The highest BCUT2D eigenvalue weighted by Gasteiger charge is 2.28. The van der Waals surface area contributed by atoms with Crippen molar-refractivity contribution >= 4 is 5.91 Å². The Morgan fingerprint density at radius 1 is 0.404 bits per heavy atom. The van der Waals surface area contributed by atoms with Gasteiger partial charge in [0.15, 0.2) is 0 Å². The van der Waals surface area contributed by atoms with E-state index in [2.05, 4.69) is 19.2 Å². The number of hydrogen-bond acceptors (Lipinski definition) is 5. The van der Waals surface area contributed by atoms with Crippen molar-refractivity contribution in [3.8, 4) is 0 Å². The van der Waals surface area contributed by atoms with Gasteiger partial charge in [-0.2, -0.15) is 0 Å². The van der Waals surface area contributed by atoms with E-state index in [-0.39, 0.29) is 0 Å². The largest absolute Gasteiger partial charge is 0.394 e. The van der Waals surface area contributed by atoms with E-state index in [9.17, 15) is 25.2 Å². The third-order valence-electron chi connectivity index (χ3n) is 11.3. The molecule has 0 spiro atoms. The molecule has 6 nitrogen and oxygen atoms in total. The number of rotatable bonds is 43. The van der Waals surface area contributed by atoms with E-state index in [1.807, 2.05) is 0 Å². The molecular formula is C46H93NO5. The number of amides is 1. The van der Waals surface area contributed by atoms with E-state index < -0.39 is 36.9 Å². The maximum atomic E-state index is 12.5. The molecule has 0 aliphatic rings. The molecule has 0 aliphatic heterocycles. The summed E-state index contributed by atoms with van der Waals surface area (Å²) in [4.78, 5) is 12.5. The third-order valence-corrected chi connectivity index (χ3v) is 11.3. The van der Waals surface area contributed by atoms with Crippen molar-refractivity contribution in [1.82, 2.24) is 5.32 Å². The molecule has 6 heteroatoms. The van der Waals surface area contributed by atoms with Crippen LogP contribution in [0.15, 0.2) is 0 Å². The molecule has 0 radical (unpaired) electrons. The first-order chi connectivity index (χ1) is 25.5. The van der Waals surface area contributed by atoms with Crippen molar-refractivity contribution in [2.24, 2.45) is 0 Å². The molecule has 0 aromatic carbocycles. The zero-order valence-electron chi connectivity index (χ0n) is 35.1. The molecule has 4 atom stereocenters. The number of carbonyl (C=O) groups is 1. The molecule has 0 aromatic rings. The average molecular weight is 740 g/mol. The van der Waals surface area contributed by atoms with E-state index in [0.29, 0.717) is 12.8 Å². The fraction of sp³-hybridized carbons (Fsp3) is 0.978. The van der Waals surface area contributed by atoms with Crippen molar-refractivity contribution in [1.29, 1.82) is 0 Å². The molecule has 0 saturated heterocycles. The second-order valence-electron chi connectivity index (χ2n) is 16.5. The highest BCUT2D eigenvalue weighted by atomic mass is 16.3. The van der Waals surface area contributed by atoms with Crippen LogP contribution in [-0.4, -0.2) is 57.3 Å². The van der Waals surface area contributed by atoms with Gasteiger partial charge >= 0.3 is 0 Å². The van der Waals surface area contributed by atoms with E-state index in [1.165, 1.54) is 193 Å². The molecule has 1 amide bonds. The predicted octanol–water partition coefficient (Wildman–Crippen LogP) is 12.4. The van der Waals surface area contributed by atoms with E-state index in [1.54, 1.807) is 0 Å². The Balaban J connectivity index is 3.67. The molecule has 0 aromatic heterocycles. The first-order valence-electron chi connectivity index (χ1n) is 23.4. The van der Waals surface area contributed by atoms with Gasteiger partial charge in [0.2, 0.25) is 5.91 Å². The molecule has 5 N–H and O–H groups in total. The van der Waals surface area contributed by atoms with Gasteiger partial charge < -0.3 is 25.7 Å². The van der Waals surface area contributed by atoms with Gasteiger partial charge in [-0.25, -0.2) is 0 Å². The lowest BCUT2D eigenvalue weighted by Crippen LogP contribution is -2.53. The van der Waals surface area contributed by atoms with Crippen LogP contribution in [-0.2, 0) is 4.79 Å². The predicted molar refractivity (Wildman–Crippen MR) is 224 cm³/mol. The monoisotopic (exact) mass is 740 g/mol. The van der Waals surface area contributed by atoms with Crippen molar-refractivity contribution in [3.63, 3.8) is 0 Å². The van der Waals surface area contributed by atoms with Crippen LogP contribution in [0.5, 0.6) is 0 Å². The summed E-state index contributed by atoms with van der Waals surface area (Å²) in [6, 6.07) is -0.979. The lowest BCUT2D eigenvalue weighted by atomic mass is 9.99. The smallest absolute Gasteiger partial charge is 0.249 e. The summed E-state index contributed by atoms with van der Waals surface area (Å²) in [5, 5.41) is 43.8. The van der Waals surface area contributed by atoms with Crippen molar-refractivity contribution < 1.29 is 25.2 Å². The van der Waals surface area contributed by atoms with Crippen LogP contribution < -0.4 is 5.32 Å². The van der Waals surface area contributed by atoms with Crippen molar-refractivity contribution in [2.45, 2.75) is 282 Å². The second-order valence-corrected chi connectivity index (χ2v) is 16.5. The van der Waals surface area contributed by atoms with Gasteiger partial charge in [-0.05, 0) is 12.8 Å². The third kappa shape index (κ3) is 35.0. The Labute approximate surface area is 324 Å². The number of aliphatic hydroxyl groups is 4. The number of carbonyl (C=O) groups excluding carboxylic acids is 1. The first kappa shape index (κ1) is 51.3. The van der Waals surface area contributed by atoms with Gasteiger partial charge in [0.25, 0.3) is 0 Å². The quantitative estimate of drug-likeness (QED) is 0.0400. The number of nitrogens with one attached hydrogen (secondary N) is 1. The molecule has 0 heterocycles. The second kappa shape index (κ2) is 41.5. The molecular weight excluding hydrogens is 647 g/mol. The van der Waals surface area contributed by atoms with Crippen LogP contribution in [0.4, 0.5) is 0 Å². The Kier molecular flexibility index (Phi) is 40.9. The minimum absolute atomic E-state index is 0.376. The molecule has 0 fully saturated rings. The van der Waals surface area contributed by atoms with Gasteiger partial charge in [0.1, 0.15) is 12.2 Å². The fourth-order valence-electron chi connectivity index (χ4n) is 7.58. The number of aliphatic hydroxyl groups excluding tert-OH is 4. The molecule has 0 saturated carbocycles.